The molecule has 4 heteroatoms. The fraction of sp³-hybridized carbons (Fsp3) is 0.500. The van der Waals surface area contributed by atoms with Crippen molar-refractivity contribution >= 4 is 6.09 Å². The number of rotatable bonds is 4. The number of furan rings is 1. The van der Waals surface area contributed by atoms with Crippen molar-refractivity contribution in [3.05, 3.63) is 24.2 Å². The summed E-state index contributed by atoms with van der Waals surface area (Å²) in [5.41, 5.74) is 0. The van der Waals surface area contributed by atoms with Gasteiger partial charge in [0, 0.05) is 6.54 Å². The lowest BCUT2D eigenvalue weighted by molar-refractivity contribution is 0.117. The van der Waals surface area contributed by atoms with Crippen LogP contribution >= 0.6 is 0 Å². The molecule has 0 N–H and O–H groups in total. The highest BCUT2D eigenvalue weighted by molar-refractivity contribution is 5.67. The summed E-state index contributed by atoms with van der Waals surface area (Å²) in [6.07, 6.45) is 2.18. The first-order valence-electron chi connectivity index (χ1n) is 4.63. The number of nitrogens with zero attached hydrogens (tertiary/aromatic N) is 1. The van der Waals surface area contributed by atoms with Gasteiger partial charge in [-0.25, -0.2) is 4.79 Å². The second-order valence-electron chi connectivity index (χ2n) is 2.97. The Labute approximate surface area is 83.5 Å². The van der Waals surface area contributed by atoms with E-state index in [1.54, 1.807) is 17.2 Å². The fourth-order valence-corrected chi connectivity index (χ4v) is 1.22. The second-order valence-corrected chi connectivity index (χ2v) is 2.97. The molecule has 1 aromatic heterocycles. The molecule has 0 aliphatic heterocycles. The van der Waals surface area contributed by atoms with Crippen LogP contribution < -0.4 is 0 Å². The Bertz CT molecular complexity index is 269. The fourth-order valence-electron chi connectivity index (χ4n) is 1.22. The van der Waals surface area contributed by atoms with Crippen molar-refractivity contribution in [3.8, 4) is 0 Å². The highest BCUT2D eigenvalue weighted by atomic mass is 16.5. The van der Waals surface area contributed by atoms with E-state index >= 15 is 0 Å². The SMILES string of the molecule is CCCN(Cc1ccco1)C(=O)OC. The van der Waals surface area contributed by atoms with Gasteiger partial charge in [-0.1, -0.05) is 6.92 Å². The normalized spacial score (nSPS) is 9.86. The van der Waals surface area contributed by atoms with Crippen LogP contribution in [-0.4, -0.2) is 24.6 Å². The molecule has 0 aliphatic carbocycles. The monoisotopic (exact) mass is 197 g/mol. The van der Waals surface area contributed by atoms with Crippen LogP contribution in [0.2, 0.25) is 0 Å². The Kier molecular flexibility index (Phi) is 4.04. The number of hydrogen-bond donors (Lipinski definition) is 0. The number of methoxy groups -OCH3 is 1. The second kappa shape index (κ2) is 5.32. The van der Waals surface area contributed by atoms with Gasteiger partial charge in [-0.15, -0.1) is 0 Å². The van der Waals surface area contributed by atoms with Gasteiger partial charge in [0.15, 0.2) is 0 Å². The lowest BCUT2D eigenvalue weighted by Crippen LogP contribution is -2.30. The van der Waals surface area contributed by atoms with E-state index in [2.05, 4.69) is 4.74 Å². The Morgan fingerprint density at radius 1 is 1.64 bits per heavy atom. The maximum absolute atomic E-state index is 11.3. The molecular formula is C10H15NO3. The Balaban J connectivity index is 2.55. The molecule has 0 radical (unpaired) electrons. The van der Waals surface area contributed by atoms with E-state index in [1.165, 1.54) is 7.11 Å². The third kappa shape index (κ3) is 2.80. The van der Waals surface area contributed by atoms with Crippen molar-refractivity contribution in [1.29, 1.82) is 0 Å². The molecule has 1 aromatic rings. The van der Waals surface area contributed by atoms with Crippen LogP contribution in [0.5, 0.6) is 0 Å². The molecule has 0 saturated carbocycles. The van der Waals surface area contributed by atoms with Crippen LogP contribution in [0.15, 0.2) is 22.8 Å². The topological polar surface area (TPSA) is 42.7 Å². The molecule has 0 aliphatic rings. The van der Waals surface area contributed by atoms with Crippen LogP contribution in [0.25, 0.3) is 0 Å². The first-order chi connectivity index (χ1) is 6.77. The van der Waals surface area contributed by atoms with Gasteiger partial charge >= 0.3 is 6.09 Å². The summed E-state index contributed by atoms with van der Waals surface area (Å²) >= 11 is 0. The summed E-state index contributed by atoms with van der Waals surface area (Å²) < 4.78 is 9.81. The molecule has 0 fully saturated rings. The molecule has 0 bridgehead atoms. The Morgan fingerprint density at radius 3 is 2.93 bits per heavy atom. The summed E-state index contributed by atoms with van der Waals surface area (Å²) in [5.74, 6) is 0.767. The largest absolute Gasteiger partial charge is 0.467 e. The highest BCUT2D eigenvalue weighted by Gasteiger charge is 2.13. The molecule has 1 rings (SSSR count). The van der Waals surface area contributed by atoms with Gasteiger partial charge in [0.2, 0.25) is 0 Å². The van der Waals surface area contributed by atoms with Crippen molar-refractivity contribution in [2.45, 2.75) is 19.9 Å². The molecule has 0 aromatic carbocycles. The Hall–Kier alpha value is -1.45. The summed E-state index contributed by atoms with van der Waals surface area (Å²) in [5, 5.41) is 0. The van der Waals surface area contributed by atoms with Gasteiger partial charge < -0.3 is 14.1 Å². The standard InChI is InChI=1S/C10H15NO3/c1-3-6-11(10(12)13-2)8-9-5-4-7-14-9/h4-5,7H,3,6,8H2,1-2H3. The summed E-state index contributed by atoms with van der Waals surface area (Å²) in [4.78, 5) is 12.9. The van der Waals surface area contributed by atoms with Gasteiger partial charge in [0.1, 0.15) is 5.76 Å². The van der Waals surface area contributed by atoms with Crippen molar-refractivity contribution < 1.29 is 13.9 Å². The third-order valence-electron chi connectivity index (χ3n) is 1.85. The van der Waals surface area contributed by atoms with Crippen LogP contribution in [-0.2, 0) is 11.3 Å². The zero-order valence-electron chi connectivity index (χ0n) is 8.53. The molecule has 0 spiro atoms. The molecule has 14 heavy (non-hydrogen) atoms. The number of carbonyl (C=O) groups excluding carboxylic acids is 1. The summed E-state index contributed by atoms with van der Waals surface area (Å²) in [7, 11) is 1.38. The van der Waals surface area contributed by atoms with Crippen molar-refractivity contribution in [2.24, 2.45) is 0 Å². The molecule has 1 amide bonds. The quantitative estimate of drug-likeness (QED) is 0.743. The average molecular weight is 197 g/mol. The predicted molar refractivity (Wildman–Crippen MR) is 51.8 cm³/mol. The summed E-state index contributed by atoms with van der Waals surface area (Å²) in [6, 6.07) is 3.64. The molecule has 0 saturated heterocycles. The zero-order valence-corrected chi connectivity index (χ0v) is 8.53. The minimum absolute atomic E-state index is 0.316. The first-order valence-corrected chi connectivity index (χ1v) is 4.63. The molecule has 4 nitrogen and oxygen atoms in total. The van der Waals surface area contributed by atoms with Gasteiger partial charge in [-0.3, -0.25) is 0 Å². The highest BCUT2D eigenvalue weighted by Crippen LogP contribution is 2.07. The van der Waals surface area contributed by atoms with Crippen LogP contribution in [0, 0.1) is 0 Å². The number of ether oxygens (including phenoxy) is 1. The molecule has 0 atom stereocenters. The lowest BCUT2D eigenvalue weighted by Gasteiger charge is -2.18. The van der Waals surface area contributed by atoms with Crippen molar-refractivity contribution in [1.82, 2.24) is 4.90 Å². The molecule has 78 valence electrons. The first kappa shape index (κ1) is 10.6. The molecule has 0 unspecified atom stereocenters. The lowest BCUT2D eigenvalue weighted by atomic mass is 10.4. The van der Waals surface area contributed by atoms with Gasteiger partial charge in [-0.2, -0.15) is 0 Å². The maximum Gasteiger partial charge on any atom is 0.409 e. The van der Waals surface area contributed by atoms with Crippen LogP contribution in [0.4, 0.5) is 4.79 Å². The third-order valence-corrected chi connectivity index (χ3v) is 1.85. The van der Waals surface area contributed by atoms with Crippen LogP contribution in [0.1, 0.15) is 19.1 Å². The van der Waals surface area contributed by atoms with Crippen molar-refractivity contribution in [3.63, 3.8) is 0 Å². The van der Waals surface area contributed by atoms with Crippen molar-refractivity contribution in [2.75, 3.05) is 13.7 Å². The predicted octanol–water partition coefficient (Wildman–Crippen LogP) is 2.26. The van der Waals surface area contributed by atoms with Gasteiger partial charge in [0.25, 0.3) is 0 Å². The van der Waals surface area contributed by atoms with Crippen LogP contribution in [0.3, 0.4) is 0 Å². The van der Waals surface area contributed by atoms with E-state index in [0.717, 1.165) is 12.2 Å². The minimum atomic E-state index is -0.316. The number of carbonyl (C=O) groups is 1. The van der Waals surface area contributed by atoms with E-state index in [-0.39, 0.29) is 6.09 Å². The summed E-state index contributed by atoms with van der Waals surface area (Å²) in [6.45, 7) is 3.15. The van der Waals surface area contributed by atoms with E-state index in [4.69, 9.17) is 4.42 Å². The smallest absolute Gasteiger partial charge is 0.409 e. The van der Waals surface area contributed by atoms with E-state index < -0.39 is 0 Å². The Morgan fingerprint density at radius 2 is 2.43 bits per heavy atom. The average Bonchev–Trinajstić information content (AvgIpc) is 2.68. The zero-order chi connectivity index (χ0) is 10.4. The number of amides is 1. The van der Waals surface area contributed by atoms with Gasteiger partial charge in [0.05, 0.1) is 19.9 Å². The molecule has 1 heterocycles. The number of hydrogen-bond acceptors (Lipinski definition) is 3. The van der Waals surface area contributed by atoms with E-state index in [0.29, 0.717) is 13.1 Å². The van der Waals surface area contributed by atoms with E-state index in [1.807, 2.05) is 13.0 Å². The maximum atomic E-state index is 11.3. The van der Waals surface area contributed by atoms with E-state index in [9.17, 15) is 4.79 Å². The molecular weight excluding hydrogens is 182 g/mol. The van der Waals surface area contributed by atoms with Gasteiger partial charge in [-0.05, 0) is 18.6 Å². The minimum Gasteiger partial charge on any atom is -0.467 e.